The molecule has 0 aromatic heterocycles. The zero-order valence-corrected chi connectivity index (χ0v) is 23.0. The summed E-state index contributed by atoms with van der Waals surface area (Å²) in [5, 5.41) is 1.15. The first-order valence-corrected chi connectivity index (χ1v) is 13.0. The Kier molecular flexibility index (Phi) is 10.1. The van der Waals surface area contributed by atoms with Crippen molar-refractivity contribution < 1.29 is 23.9 Å². The second-order valence-corrected chi connectivity index (χ2v) is 10.7. The van der Waals surface area contributed by atoms with E-state index in [1.54, 1.807) is 51.1 Å². The summed E-state index contributed by atoms with van der Waals surface area (Å²) in [5.41, 5.74) is 4.01. The monoisotopic (exact) mass is 521 g/mol. The van der Waals surface area contributed by atoms with Gasteiger partial charge in [0.2, 0.25) is 0 Å². The number of benzene rings is 2. The second-order valence-electron chi connectivity index (χ2n) is 10.7. The van der Waals surface area contributed by atoms with E-state index in [9.17, 15) is 14.4 Å². The van der Waals surface area contributed by atoms with Gasteiger partial charge in [0, 0.05) is 6.08 Å². The van der Waals surface area contributed by atoms with Crippen LogP contribution in [0.25, 0.3) is 6.08 Å². The third-order valence-corrected chi connectivity index (χ3v) is 6.49. The van der Waals surface area contributed by atoms with Crippen LogP contribution >= 0.6 is 0 Å². The predicted molar refractivity (Wildman–Crippen MR) is 148 cm³/mol. The number of nitrogens with one attached hydrogen (secondary N) is 1. The van der Waals surface area contributed by atoms with Crippen LogP contribution in [0.4, 0.5) is 10.5 Å². The van der Waals surface area contributed by atoms with Crippen molar-refractivity contribution in [3.63, 3.8) is 0 Å². The van der Waals surface area contributed by atoms with Gasteiger partial charge >= 0.3 is 12.1 Å². The molecule has 204 valence electrons. The molecule has 2 amide bonds. The molecule has 1 saturated heterocycles. The number of hydrazine groups is 1. The number of para-hydroxylation sites is 1. The minimum Gasteiger partial charge on any atom is -0.469 e. The van der Waals surface area contributed by atoms with Gasteiger partial charge in [0.1, 0.15) is 5.60 Å². The highest BCUT2D eigenvalue weighted by Crippen LogP contribution is 2.31. The summed E-state index contributed by atoms with van der Waals surface area (Å²) < 4.78 is 10.4. The van der Waals surface area contributed by atoms with Gasteiger partial charge in [-0.05, 0) is 95.4 Å². The summed E-state index contributed by atoms with van der Waals surface area (Å²) in [6, 6.07) is 16.4. The summed E-state index contributed by atoms with van der Waals surface area (Å²) in [5.74, 6) is -0.511. The van der Waals surface area contributed by atoms with Crippen LogP contribution in [-0.2, 0) is 19.1 Å². The van der Waals surface area contributed by atoms with Crippen LogP contribution in [0.3, 0.4) is 0 Å². The van der Waals surface area contributed by atoms with Crippen molar-refractivity contribution in [1.29, 1.82) is 0 Å². The number of piperidine rings is 1. The molecule has 0 radical (unpaired) electrons. The van der Waals surface area contributed by atoms with E-state index in [-0.39, 0.29) is 11.9 Å². The van der Waals surface area contributed by atoms with Gasteiger partial charge in [0.25, 0.3) is 5.91 Å². The normalized spacial score (nSPS) is 15.6. The number of carbonyl (C=O) groups excluding carboxylic acids is 3. The smallest absolute Gasteiger partial charge is 0.427 e. The zero-order valence-electron chi connectivity index (χ0n) is 23.0. The van der Waals surface area contributed by atoms with E-state index in [2.05, 4.69) is 17.4 Å². The van der Waals surface area contributed by atoms with Gasteiger partial charge in [0.05, 0.1) is 18.7 Å². The summed E-state index contributed by atoms with van der Waals surface area (Å²) in [6.45, 7) is 7.34. The number of hydrogen-bond acceptors (Lipinski definition) is 6. The molecule has 0 aliphatic carbocycles. The van der Waals surface area contributed by atoms with Gasteiger partial charge in [-0.2, -0.15) is 0 Å². The van der Waals surface area contributed by atoms with E-state index in [1.807, 2.05) is 30.3 Å². The lowest BCUT2D eigenvalue weighted by Gasteiger charge is -2.30. The molecule has 1 N–H and O–H groups in total. The highest BCUT2D eigenvalue weighted by molar-refractivity contribution is 6.04. The Balaban J connectivity index is 1.72. The Bertz CT molecular complexity index is 1100. The second kappa shape index (κ2) is 13.2. The zero-order chi connectivity index (χ0) is 27.7. The molecule has 1 aliphatic heterocycles. The van der Waals surface area contributed by atoms with Crippen molar-refractivity contribution >= 4 is 29.7 Å². The quantitative estimate of drug-likeness (QED) is 0.308. The maximum atomic E-state index is 13.1. The fraction of sp³-hybridized carbons (Fsp3) is 0.433. The van der Waals surface area contributed by atoms with Crippen molar-refractivity contribution in [2.75, 3.05) is 32.3 Å². The summed E-state index contributed by atoms with van der Waals surface area (Å²) >= 11 is 0. The highest BCUT2D eigenvalue weighted by Gasteiger charge is 2.27. The van der Waals surface area contributed by atoms with E-state index in [4.69, 9.17) is 9.47 Å². The molecule has 8 nitrogen and oxygen atoms in total. The number of hydrogen-bond donors (Lipinski definition) is 1. The van der Waals surface area contributed by atoms with Gasteiger partial charge in [-0.3, -0.25) is 9.59 Å². The maximum absolute atomic E-state index is 13.1. The molecule has 1 atom stereocenters. The Morgan fingerprint density at radius 1 is 1.05 bits per heavy atom. The Hall–Kier alpha value is -3.65. The lowest BCUT2D eigenvalue weighted by Crippen LogP contribution is -2.47. The van der Waals surface area contributed by atoms with Crippen LogP contribution in [0.2, 0.25) is 0 Å². The number of anilines is 1. The van der Waals surface area contributed by atoms with Gasteiger partial charge in [-0.1, -0.05) is 42.5 Å². The fourth-order valence-corrected chi connectivity index (χ4v) is 4.44. The number of esters is 1. The third kappa shape index (κ3) is 8.73. The number of carbonyl (C=O) groups is 3. The summed E-state index contributed by atoms with van der Waals surface area (Å²) in [6.07, 6.45) is 5.23. The van der Waals surface area contributed by atoms with Crippen molar-refractivity contribution in [2.45, 2.75) is 51.6 Å². The largest absolute Gasteiger partial charge is 0.469 e. The van der Waals surface area contributed by atoms with Crippen LogP contribution in [0.15, 0.2) is 60.7 Å². The van der Waals surface area contributed by atoms with E-state index >= 15 is 0 Å². The third-order valence-electron chi connectivity index (χ3n) is 6.49. The molecule has 0 saturated carbocycles. The molecule has 38 heavy (non-hydrogen) atoms. The molecular weight excluding hydrogens is 482 g/mol. The Morgan fingerprint density at radius 3 is 2.26 bits per heavy atom. The Labute approximate surface area is 225 Å². The standard InChI is InChI=1S/C30H39N3O5/c1-30(2,3)38-29(36)31-33(25-9-7-6-8-10-25)27(34)16-13-22-11-14-24(15-12-22)26(28(35)37-5)21-23-17-19-32(4)20-18-23/h6-16,23,26H,17-21H2,1-5H3,(H,31,36). The van der Waals surface area contributed by atoms with Crippen LogP contribution in [0.5, 0.6) is 0 Å². The lowest BCUT2D eigenvalue weighted by atomic mass is 9.83. The van der Waals surface area contributed by atoms with Crippen molar-refractivity contribution in [1.82, 2.24) is 10.3 Å². The average molecular weight is 522 g/mol. The van der Waals surface area contributed by atoms with Gasteiger partial charge in [-0.25, -0.2) is 15.2 Å². The molecule has 1 aliphatic rings. The number of amides is 2. The predicted octanol–water partition coefficient (Wildman–Crippen LogP) is 5.16. The van der Waals surface area contributed by atoms with E-state index in [0.717, 1.165) is 48.5 Å². The first kappa shape index (κ1) is 28.9. The first-order chi connectivity index (χ1) is 18.1. The van der Waals surface area contributed by atoms with Crippen molar-refractivity contribution in [3.05, 3.63) is 71.8 Å². The number of ether oxygens (including phenoxy) is 2. The average Bonchev–Trinajstić information content (AvgIpc) is 2.89. The van der Waals surface area contributed by atoms with Crippen molar-refractivity contribution in [3.8, 4) is 0 Å². The molecule has 0 bridgehead atoms. The number of likely N-dealkylation sites (tertiary alicyclic amines) is 1. The maximum Gasteiger partial charge on any atom is 0.427 e. The Morgan fingerprint density at radius 2 is 1.68 bits per heavy atom. The summed E-state index contributed by atoms with van der Waals surface area (Å²) in [7, 11) is 3.55. The van der Waals surface area contributed by atoms with Gasteiger partial charge in [0.15, 0.2) is 0 Å². The highest BCUT2D eigenvalue weighted by atomic mass is 16.6. The van der Waals surface area contributed by atoms with E-state index < -0.39 is 17.6 Å². The number of nitrogens with zero attached hydrogens (tertiary/aromatic N) is 2. The van der Waals surface area contributed by atoms with Gasteiger partial charge in [-0.15, -0.1) is 0 Å². The molecule has 2 aromatic rings. The molecule has 1 fully saturated rings. The lowest BCUT2D eigenvalue weighted by molar-refractivity contribution is -0.143. The molecule has 8 heteroatoms. The molecule has 1 unspecified atom stereocenters. The van der Waals surface area contributed by atoms with Crippen LogP contribution in [0.1, 0.15) is 57.1 Å². The molecule has 1 heterocycles. The first-order valence-electron chi connectivity index (χ1n) is 13.0. The van der Waals surface area contributed by atoms with E-state index in [1.165, 1.54) is 13.2 Å². The van der Waals surface area contributed by atoms with Crippen LogP contribution in [0, 0.1) is 5.92 Å². The van der Waals surface area contributed by atoms with Crippen LogP contribution < -0.4 is 10.4 Å². The number of rotatable bonds is 7. The molecule has 2 aromatic carbocycles. The topological polar surface area (TPSA) is 88.2 Å². The van der Waals surface area contributed by atoms with Crippen LogP contribution in [-0.4, -0.2) is 55.7 Å². The molecule has 0 spiro atoms. The van der Waals surface area contributed by atoms with E-state index in [0.29, 0.717) is 11.6 Å². The number of methoxy groups -OCH3 is 1. The SMILES string of the molecule is COC(=O)C(CC1CCN(C)CC1)c1ccc(C=CC(=O)N(NC(=O)OC(C)(C)C)c2ccccc2)cc1. The fourth-order valence-electron chi connectivity index (χ4n) is 4.44. The minimum absolute atomic E-state index is 0.228. The molecular formula is C30H39N3O5. The van der Waals surface area contributed by atoms with Crippen molar-refractivity contribution in [2.24, 2.45) is 5.92 Å². The summed E-state index contributed by atoms with van der Waals surface area (Å²) in [4.78, 5) is 40.3. The molecule has 3 rings (SSSR count). The van der Waals surface area contributed by atoms with Gasteiger partial charge < -0.3 is 14.4 Å². The minimum atomic E-state index is -0.731.